The van der Waals surface area contributed by atoms with Crippen LogP contribution in [0.2, 0.25) is 0 Å². The van der Waals surface area contributed by atoms with Crippen molar-refractivity contribution in [3.63, 3.8) is 0 Å². The highest BCUT2D eigenvalue weighted by Crippen LogP contribution is 2.32. The monoisotopic (exact) mass is 331 g/mol. The molecule has 2 saturated heterocycles. The summed E-state index contributed by atoms with van der Waals surface area (Å²) in [7, 11) is 0. The van der Waals surface area contributed by atoms with Crippen molar-refractivity contribution < 1.29 is 9.53 Å². The molecule has 0 unspecified atom stereocenters. The SMILES string of the molecule is CC(=O)NC1(c2ccccc2)CCN(CCN2CCOCC2)CC1. The largest absolute Gasteiger partial charge is 0.379 e. The molecule has 1 aromatic rings. The molecule has 0 atom stereocenters. The number of carbonyl (C=O) groups excluding carboxylic acids is 1. The van der Waals surface area contributed by atoms with E-state index in [-0.39, 0.29) is 11.4 Å². The van der Waals surface area contributed by atoms with Crippen LogP contribution in [0.25, 0.3) is 0 Å². The van der Waals surface area contributed by atoms with Crippen molar-refractivity contribution in [2.75, 3.05) is 52.5 Å². The lowest BCUT2D eigenvalue weighted by atomic mass is 9.80. The van der Waals surface area contributed by atoms with E-state index in [1.54, 1.807) is 6.92 Å². The predicted molar refractivity (Wildman–Crippen MR) is 94.9 cm³/mol. The molecule has 2 fully saturated rings. The van der Waals surface area contributed by atoms with E-state index in [0.717, 1.165) is 65.3 Å². The number of benzene rings is 1. The molecular formula is C19H29N3O2. The van der Waals surface area contributed by atoms with E-state index >= 15 is 0 Å². The van der Waals surface area contributed by atoms with Crippen LogP contribution in [0.4, 0.5) is 0 Å². The second-order valence-electron chi connectivity index (χ2n) is 6.92. The van der Waals surface area contributed by atoms with Crippen LogP contribution in [0.1, 0.15) is 25.3 Å². The van der Waals surface area contributed by atoms with Crippen LogP contribution in [0, 0.1) is 0 Å². The first-order valence-electron chi connectivity index (χ1n) is 9.05. The number of rotatable bonds is 5. The standard InChI is InChI=1S/C19H29N3O2/c1-17(23)20-19(18-5-3-2-4-6-18)7-9-21(10-8-19)11-12-22-13-15-24-16-14-22/h2-6H,7-16H2,1H3,(H,20,23). The van der Waals surface area contributed by atoms with Crippen molar-refractivity contribution in [2.24, 2.45) is 0 Å². The Bertz CT molecular complexity index is 521. The average Bonchev–Trinajstić information content (AvgIpc) is 2.62. The molecule has 1 amide bonds. The highest BCUT2D eigenvalue weighted by atomic mass is 16.5. The van der Waals surface area contributed by atoms with Gasteiger partial charge in [0.05, 0.1) is 18.8 Å². The molecule has 3 rings (SSSR count). The number of hydrogen-bond donors (Lipinski definition) is 1. The van der Waals surface area contributed by atoms with Gasteiger partial charge in [0.25, 0.3) is 0 Å². The predicted octanol–water partition coefficient (Wildman–Crippen LogP) is 1.45. The van der Waals surface area contributed by atoms with Gasteiger partial charge in [0.1, 0.15) is 0 Å². The fourth-order valence-electron chi connectivity index (χ4n) is 3.85. The molecule has 0 saturated carbocycles. The van der Waals surface area contributed by atoms with E-state index in [1.165, 1.54) is 5.56 Å². The molecule has 2 heterocycles. The quantitative estimate of drug-likeness (QED) is 0.887. The van der Waals surface area contributed by atoms with Gasteiger partial charge in [0, 0.05) is 46.2 Å². The normalized spacial score (nSPS) is 22.2. The highest BCUT2D eigenvalue weighted by molar-refractivity contribution is 5.74. The summed E-state index contributed by atoms with van der Waals surface area (Å²) in [6.07, 6.45) is 1.94. The molecular weight excluding hydrogens is 302 g/mol. The lowest BCUT2D eigenvalue weighted by Gasteiger charge is -2.43. The van der Waals surface area contributed by atoms with Crippen LogP contribution in [-0.4, -0.2) is 68.2 Å². The number of nitrogens with zero attached hydrogens (tertiary/aromatic N) is 2. The minimum atomic E-state index is -0.206. The van der Waals surface area contributed by atoms with Crippen LogP contribution in [-0.2, 0) is 15.1 Å². The van der Waals surface area contributed by atoms with Crippen LogP contribution in [0.3, 0.4) is 0 Å². The Hall–Kier alpha value is -1.43. The zero-order chi connectivity index (χ0) is 16.8. The smallest absolute Gasteiger partial charge is 0.217 e. The fourth-order valence-corrected chi connectivity index (χ4v) is 3.85. The Morgan fingerprint density at radius 2 is 1.62 bits per heavy atom. The van der Waals surface area contributed by atoms with Crippen molar-refractivity contribution in [2.45, 2.75) is 25.3 Å². The van der Waals surface area contributed by atoms with Crippen LogP contribution < -0.4 is 5.32 Å². The minimum Gasteiger partial charge on any atom is -0.379 e. The minimum absolute atomic E-state index is 0.0561. The Labute approximate surface area is 145 Å². The second kappa shape index (κ2) is 8.10. The molecule has 0 radical (unpaired) electrons. The number of carbonyl (C=O) groups is 1. The lowest BCUT2D eigenvalue weighted by molar-refractivity contribution is -0.121. The molecule has 0 spiro atoms. The van der Waals surface area contributed by atoms with Gasteiger partial charge in [-0.25, -0.2) is 0 Å². The van der Waals surface area contributed by atoms with Gasteiger partial charge in [-0.3, -0.25) is 9.69 Å². The summed E-state index contributed by atoms with van der Waals surface area (Å²) in [5.74, 6) is 0.0561. The molecule has 0 bridgehead atoms. The van der Waals surface area contributed by atoms with Gasteiger partial charge in [0.15, 0.2) is 0 Å². The zero-order valence-electron chi connectivity index (χ0n) is 14.7. The summed E-state index contributed by atoms with van der Waals surface area (Å²) in [5.41, 5.74) is 1.02. The Kier molecular flexibility index (Phi) is 5.87. The van der Waals surface area contributed by atoms with E-state index in [2.05, 4.69) is 39.4 Å². The third kappa shape index (κ3) is 4.35. The van der Waals surface area contributed by atoms with Crippen molar-refractivity contribution in [3.05, 3.63) is 35.9 Å². The summed E-state index contributed by atoms with van der Waals surface area (Å²) in [4.78, 5) is 16.8. The van der Waals surface area contributed by atoms with E-state index < -0.39 is 0 Å². The number of hydrogen-bond acceptors (Lipinski definition) is 4. The number of morpholine rings is 1. The van der Waals surface area contributed by atoms with Crippen molar-refractivity contribution in [3.8, 4) is 0 Å². The van der Waals surface area contributed by atoms with Crippen LogP contribution in [0.15, 0.2) is 30.3 Å². The third-order valence-corrected chi connectivity index (χ3v) is 5.29. The number of likely N-dealkylation sites (tertiary alicyclic amines) is 1. The molecule has 132 valence electrons. The van der Waals surface area contributed by atoms with Crippen molar-refractivity contribution in [1.82, 2.24) is 15.1 Å². The topological polar surface area (TPSA) is 44.8 Å². The number of amides is 1. The van der Waals surface area contributed by atoms with Gasteiger partial charge < -0.3 is 15.0 Å². The third-order valence-electron chi connectivity index (χ3n) is 5.29. The zero-order valence-corrected chi connectivity index (χ0v) is 14.7. The number of nitrogens with one attached hydrogen (secondary N) is 1. The summed E-state index contributed by atoms with van der Waals surface area (Å²) in [5, 5.41) is 3.25. The molecule has 1 aromatic carbocycles. The second-order valence-corrected chi connectivity index (χ2v) is 6.92. The van der Waals surface area contributed by atoms with E-state index in [1.807, 2.05) is 6.07 Å². The van der Waals surface area contributed by atoms with Gasteiger partial charge in [-0.05, 0) is 18.4 Å². The maximum atomic E-state index is 11.8. The molecule has 5 heteroatoms. The summed E-state index contributed by atoms with van der Waals surface area (Å²) < 4.78 is 5.41. The van der Waals surface area contributed by atoms with Crippen LogP contribution >= 0.6 is 0 Å². The first-order chi connectivity index (χ1) is 11.7. The van der Waals surface area contributed by atoms with E-state index in [9.17, 15) is 4.79 Å². The molecule has 0 aliphatic carbocycles. The first-order valence-corrected chi connectivity index (χ1v) is 9.05. The Balaban J connectivity index is 1.57. The number of ether oxygens (including phenoxy) is 1. The molecule has 24 heavy (non-hydrogen) atoms. The molecule has 2 aliphatic heterocycles. The fraction of sp³-hybridized carbons (Fsp3) is 0.632. The lowest BCUT2D eigenvalue weighted by Crippen LogP contribution is -2.53. The van der Waals surface area contributed by atoms with Gasteiger partial charge >= 0.3 is 0 Å². The van der Waals surface area contributed by atoms with Crippen LogP contribution in [0.5, 0.6) is 0 Å². The maximum Gasteiger partial charge on any atom is 0.217 e. The van der Waals surface area contributed by atoms with Gasteiger partial charge in [-0.2, -0.15) is 0 Å². The average molecular weight is 331 g/mol. The summed E-state index contributed by atoms with van der Waals surface area (Å²) >= 11 is 0. The van der Waals surface area contributed by atoms with E-state index in [0.29, 0.717) is 0 Å². The van der Waals surface area contributed by atoms with Crippen molar-refractivity contribution in [1.29, 1.82) is 0 Å². The molecule has 2 aliphatic rings. The van der Waals surface area contributed by atoms with Gasteiger partial charge in [-0.15, -0.1) is 0 Å². The molecule has 5 nitrogen and oxygen atoms in total. The first kappa shape index (κ1) is 17.4. The Morgan fingerprint density at radius 1 is 1.04 bits per heavy atom. The van der Waals surface area contributed by atoms with Crippen molar-refractivity contribution >= 4 is 5.91 Å². The number of piperidine rings is 1. The maximum absolute atomic E-state index is 11.8. The summed E-state index contributed by atoms with van der Waals surface area (Å²) in [6, 6.07) is 10.4. The Morgan fingerprint density at radius 3 is 2.21 bits per heavy atom. The highest BCUT2D eigenvalue weighted by Gasteiger charge is 2.36. The summed E-state index contributed by atoms with van der Waals surface area (Å²) in [6.45, 7) is 9.71. The van der Waals surface area contributed by atoms with E-state index in [4.69, 9.17) is 4.74 Å². The van der Waals surface area contributed by atoms with Gasteiger partial charge in [0.2, 0.25) is 5.91 Å². The van der Waals surface area contributed by atoms with Gasteiger partial charge in [-0.1, -0.05) is 30.3 Å². The molecule has 1 N–H and O–H groups in total. The molecule has 0 aromatic heterocycles.